The van der Waals surface area contributed by atoms with Crippen molar-refractivity contribution in [2.75, 3.05) is 24.3 Å². The second kappa shape index (κ2) is 10.5. The summed E-state index contributed by atoms with van der Waals surface area (Å²) in [5.74, 6) is 3.84. The van der Waals surface area contributed by atoms with E-state index in [0.29, 0.717) is 37.3 Å². The fraction of sp³-hybridized carbons (Fsp3) is 0.433. The summed E-state index contributed by atoms with van der Waals surface area (Å²) in [5, 5.41) is 9.08. The van der Waals surface area contributed by atoms with Crippen molar-refractivity contribution in [1.82, 2.24) is 14.8 Å². The zero-order chi connectivity index (χ0) is 26.2. The molecule has 198 valence electrons. The van der Waals surface area contributed by atoms with Gasteiger partial charge in [-0.2, -0.15) is 4.98 Å². The van der Waals surface area contributed by atoms with Gasteiger partial charge in [-0.15, -0.1) is 5.10 Å². The molecule has 8 heteroatoms. The van der Waals surface area contributed by atoms with Crippen molar-refractivity contribution < 1.29 is 14.3 Å². The Balaban J connectivity index is 1.40. The number of thioether (sulfide) groups is 1. The van der Waals surface area contributed by atoms with Crippen LogP contribution in [0, 0.1) is 0 Å². The van der Waals surface area contributed by atoms with Crippen LogP contribution in [0.25, 0.3) is 0 Å². The van der Waals surface area contributed by atoms with Crippen LogP contribution in [-0.2, 0) is 4.79 Å². The van der Waals surface area contributed by atoms with Gasteiger partial charge in [-0.05, 0) is 53.5 Å². The molecule has 0 fully saturated rings. The van der Waals surface area contributed by atoms with Crippen LogP contribution in [0.4, 0.5) is 5.95 Å². The number of nitrogens with zero attached hydrogens (tertiary/aromatic N) is 3. The third-order valence-corrected chi connectivity index (χ3v) is 8.54. The van der Waals surface area contributed by atoms with E-state index in [1.807, 2.05) is 22.9 Å². The molecule has 0 saturated heterocycles. The number of allylic oxidation sites excluding steroid dienone is 2. The number of Topliss-reactive ketones (excluding diaryl/α,β-unsaturated/α-hetero) is 1. The number of benzene rings is 2. The van der Waals surface area contributed by atoms with Crippen LogP contribution in [0.1, 0.15) is 81.0 Å². The summed E-state index contributed by atoms with van der Waals surface area (Å²) < 4.78 is 13.7. The summed E-state index contributed by atoms with van der Waals surface area (Å²) >= 11 is 1.64. The number of nitrogens with one attached hydrogen (secondary N) is 1. The van der Waals surface area contributed by atoms with Crippen molar-refractivity contribution in [3.05, 3.63) is 70.4 Å². The predicted molar refractivity (Wildman–Crippen MR) is 149 cm³/mol. The highest BCUT2D eigenvalue weighted by Gasteiger charge is 2.40. The van der Waals surface area contributed by atoms with Crippen molar-refractivity contribution in [1.29, 1.82) is 0 Å². The maximum atomic E-state index is 13.9. The molecule has 6 rings (SSSR count). The number of aromatic nitrogens is 3. The normalized spacial score (nSPS) is 20.6. The third kappa shape index (κ3) is 4.70. The molecule has 3 aromatic rings. The van der Waals surface area contributed by atoms with Crippen LogP contribution in [0.3, 0.4) is 0 Å². The Hall–Kier alpha value is -3.26. The van der Waals surface area contributed by atoms with Gasteiger partial charge in [0.2, 0.25) is 11.1 Å². The molecule has 0 radical (unpaired) electrons. The van der Waals surface area contributed by atoms with Crippen molar-refractivity contribution >= 4 is 23.5 Å². The molecular weight excluding hydrogens is 496 g/mol. The minimum absolute atomic E-state index is 0.128. The van der Waals surface area contributed by atoms with Gasteiger partial charge in [0.1, 0.15) is 6.04 Å². The third-order valence-electron chi connectivity index (χ3n) is 7.50. The number of fused-ring (bicyclic) bond motifs is 2. The number of carbonyl (C=O) groups excluding carboxylic acids is 1. The Kier molecular flexibility index (Phi) is 6.91. The molecule has 0 saturated carbocycles. The van der Waals surface area contributed by atoms with E-state index in [9.17, 15) is 4.79 Å². The number of ketones is 1. The molecule has 2 aliphatic heterocycles. The Labute approximate surface area is 228 Å². The molecule has 7 nitrogen and oxygen atoms in total. The Bertz CT molecular complexity index is 1380. The molecule has 1 N–H and O–H groups in total. The zero-order valence-electron chi connectivity index (χ0n) is 22.2. The molecular formula is C30H34N4O3S. The predicted octanol–water partition coefficient (Wildman–Crippen LogP) is 6.48. The van der Waals surface area contributed by atoms with Crippen molar-refractivity contribution in [3.63, 3.8) is 0 Å². The Morgan fingerprint density at radius 3 is 2.58 bits per heavy atom. The summed E-state index contributed by atoms with van der Waals surface area (Å²) in [6.07, 6.45) is 3.12. The van der Waals surface area contributed by atoms with E-state index < -0.39 is 0 Å². The van der Waals surface area contributed by atoms with Gasteiger partial charge in [-0.1, -0.05) is 62.9 Å². The number of anilines is 1. The van der Waals surface area contributed by atoms with E-state index in [4.69, 9.17) is 19.6 Å². The van der Waals surface area contributed by atoms with Crippen LogP contribution in [0.2, 0.25) is 0 Å². The molecule has 3 aliphatic rings. The minimum Gasteiger partial charge on any atom is -0.490 e. The van der Waals surface area contributed by atoms with Gasteiger partial charge in [-0.3, -0.25) is 4.79 Å². The summed E-state index contributed by atoms with van der Waals surface area (Å²) in [6, 6.07) is 14.4. The average Bonchev–Trinajstić information content (AvgIpc) is 3.18. The van der Waals surface area contributed by atoms with E-state index >= 15 is 0 Å². The molecule has 2 aromatic carbocycles. The van der Waals surface area contributed by atoms with E-state index in [2.05, 4.69) is 50.4 Å². The van der Waals surface area contributed by atoms with Gasteiger partial charge in [-0.25, -0.2) is 4.68 Å². The van der Waals surface area contributed by atoms with E-state index in [1.54, 1.807) is 11.8 Å². The maximum absolute atomic E-state index is 13.9. The number of rotatable bonds is 6. The van der Waals surface area contributed by atoms with Gasteiger partial charge in [0.05, 0.1) is 13.2 Å². The Morgan fingerprint density at radius 1 is 1.05 bits per heavy atom. The van der Waals surface area contributed by atoms with Crippen LogP contribution >= 0.6 is 11.8 Å². The maximum Gasteiger partial charge on any atom is 0.227 e. The fourth-order valence-corrected chi connectivity index (χ4v) is 6.18. The first-order valence-electron chi connectivity index (χ1n) is 13.6. The van der Waals surface area contributed by atoms with Crippen LogP contribution in [-0.4, -0.2) is 39.5 Å². The van der Waals surface area contributed by atoms with E-state index in [1.165, 1.54) is 11.1 Å². The summed E-state index contributed by atoms with van der Waals surface area (Å²) in [7, 11) is 0. The topological polar surface area (TPSA) is 78.3 Å². The highest BCUT2D eigenvalue weighted by Crippen LogP contribution is 2.46. The highest BCUT2D eigenvalue weighted by molar-refractivity contribution is 7.99. The Morgan fingerprint density at radius 2 is 1.82 bits per heavy atom. The first-order chi connectivity index (χ1) is 18.5. The first kappa shape index (κ1) is 25.0. The summed E-state index contributed by atoms with van der Waals surface area (Å²) in [5.41, 5.74) is 5.19. The van der Waals surface area contributed by atoms with Gasteiger partial charge < -0.3 is 14.8 Å². The lowest BCUT2D eigenvalue weighted by atomic mass is 9.77. The smallest absolute Gasteiger partial charge is 0.227 e. The zero-order valence-corrected chi connectivity index (χ0v) is 23.0. The van der Waals surface area contributed by atoms with Crippen LogP contribution in [0.15, 0.2) is 58.9 Å². The largest absolute Gasteiger partial charge is 0.490 e. The molecule has 1 aromatic heterocycles. The highest BCUT2D eigenvalue weighted by atomic mass is 32.2. The number of hydrogen-bond acceptors (Lipinski definition) is 7. The standard InChI is InChI=1S/C30H34N4O3S/c1-4-14-38-30-32-29-31-23-15-22(20-8-6-19(7-9-20)18(2)3)16-24(35)27(23)28(34(29)33-30)21-10-11-25-26(17-21)37-13-5-12-36-25/h6-11,17-18,22,28H,4-5,12-16H2,1-3H3,(H,31,32,33). The van der Waals surface area contributed by atoms with Crippen molar-refractivity contribution in [2.45, 2.75) is 69.5 Å². The van der Waals surface area contributed by atoms with Gasteiger partial charge >= 0.3 is 0 Å². The molecule has 38 heavy (non-hydrogen) atoms. The molecule has 3 heterocycles. The number of hydrogen-bond donors (Lipinski definition) is 1. The summed E-state index contributed by atoms with van der Waals surface area (Å²) in [6.45, 7) is 7.79. The summed E-state index contributed by atoms with van der Waals surface area (Å²) in [4.78, 5) is 18.7. The lowest BCUT2D eigenvalue weighted by Gasteiger charge is -2.35. The van der Waals surface area contributed by atoms with E-state index in [0.717, 1.165) is 52.8 Å². The SMILES string of the molecule is CCCSc1nc2n(n1)C(c1ccc3c(c1)OCCCO3)C1=C(CC(c3ccc(C(C)C)cc3)CC1=O)N2. The number of ether oxygens (including phenoxy) is 2. The fourth-order valence-electron chi connectivity index (χ4n) is 5.49. The monoisotopic (exact) mass is 530 g/mol. The molecule has 0 bridgehead atoms. The van der Waals surface area contributed by atoms with E-state index in [-0.39, 0.29) is 17.7 Å². The quantitative estimate of drug-likeness (QED) is 0.365. The van der Waals surface area contributed by atoms with Crippen molar-refractivity contribution in [3.8, 4) is 11.5 Å². The molecule has 0 spiro atoms. The van der Waals surface area contributed by atoms with Crippen LogP contribution in [0.5, 0.6) is 11.5 Å². The molecule has 2 atom stereocenters. The number of carbonyl (C=O) groups is 1. The van der Waals surface area contributed by atoms with Gasteiger partial charge in [0, 0.05) is 29.9 Å². The average molecular weight is 531 g/mol. The lowest BCUT2D eigenvalue weighted by Crippen LogP contribution is -2.33. The first-order valence-corrected chi connectivity index (χ1v) is 14.6. The van der Waals surface area contributed by atoms with Gasteiger partial charge in [0.25, 0.3) is 0 Å². The molecule has 1 aliphatic carbocycles. The van der Waals surface area contributed by atoms with Gasteiger partial charge in [0.15, 0.2) is 17.3 Å². The molecule has 2 unspecified atom stereocenters. The second-order valence-corrected chi connectivity index (χ2v) is 11.6. The lowest BCUT2D eigenvalue weighted by molar-refractivity contribution is -0.116. The minimum atomic E-state index is -0.362. The molecule has 0 amide bonds. The van der Waals surface area contributed by atoms with Crippen molar-refractivity contribution in [2.24, 2.45) is 0 Å². The second-order valence-electron chi connectivity index (χ2n) is 10.5. The van der Waals surface area contributed by atoms with Crippen LogP contribution < -0.4 is 14.8 Å².